The van der Waals surface area contributed by atoms with Crippen molar-refractivity contribution < 1.29 is 0 Å². The highest BCUT2D eigenvalue weighted by Gasteiger charge is 2.18. The van der Waals surface area contributed by atoms with Gasteiger partial charge in [-0.2, -0.15) is 0 Å². The molecule has 0 bridgehead atoms. The van der Waals surface area contributed by atoms with E-state index in [0.29, 0.717) is 11.8 Å². The molecule has 3 rings (SSSR count). The molecule has 0 saturated heterocycles. The highest BCUT2D eigenvalue weighted by Crippen LogP contribution is 2.35. The van der Waals surface area contributed by atoms with Gasteiger partial charge in [0, 0.05) is 0 Å². The molecule has 0 amide bonds. The second kappa shape index (κ2) is 10.5. The standard InChI is InChI=1S/C31H39N3/c1-20(2)24-14-12-15-25(21(3)4)30(24)33-23(6)28-19-13-18-27(34-28)22(5)32-29-17-11-10-16-26(29)31(7,8)9/h10-21H,1-9H3. The summed E-state index contributed by atoms with van der Waals surface area (Å²) in [4.78, 5) is 15.0. The minimum absolute atomic E-state index is 0.0246. The van der Waals surface area contributed by atoms with Gasteiger partial charge in [-0.1, -0.05) is 90.9 Å². The van der Waals surface area contributed by atoms with Crippen LogP contribution in [-0.4, -0.2) is 16.4 Å². The van der Waals surface area contributed by atoms with Gasteiger partial charge in [0.1, 0.15) is 0 Å². The van der Waals surface area contributed by atoms with E-state index in [2.05, 4.69) is 91.8 Å². The van der Waals surface area contributed by atoms with E-state index < -0.39 is 0 Å². The summed E-state index contributed by atoms with van der Waals surface area (Å²) >= 11 is 0. The molecule has 1 aromatic heterocycles. The third-order valence-electron chi connectivity index (χ3n) is 6.11. The lowest BCUT2D eigenvalue weighted by Gasteiger charge is -2.21. The lowest BCUT2D eigenvalue weighted by Crippen LogP contribution is -2.11. The van der Waals surface area contributed by atoms with Crippen molar-refractivity contribution in [3.05, 3.63) is 88.7 Å². The van der Waals surface area contributed by atoms with Crippen molar-refractivity contribution >= 4 is 22.8 Å². The first kappa shape index (κ1) is 25.6. The van der Waals surface area contributed by atoms with Gasteiger partial charge in [-0.15, -0.1) is 0 Å². The number of rotatable bonds is 6. The van der Waals surface area contributed by atoms with Gasteiger partial charge in [-0.3, -0.25) is 9.98 Å². The lowest BCUT2D eigenvalue weighted by atomic mass is 9.86. The van der Waals surface area contributed by atoms with Crippen molar-refractivity contribution in [3.8, 4) is 0 Å². The average molecular weight is 454 g/mol. The molecule has 0 radical (unpaired) electrons. The zero-order chi connectivity index (χ0) is 25.0. The minimum Gasteiger partial charge on any atom is -0.251 e. The van der Waals surface area contributed by atoms with Crippen LogP contribution in [0.25, 0.3) is 0 Å². The first-order chi connectivity index (χ1) is 16.0. The second-order valence-corrected chi connectivity index (χ2v) is 10.7. The number of hydrogen-bond donors (Lipinski definition) is 0. The summed E-state index contributed by atoms with van der Waals surface area (Å²) in [6.07, 6.45) is 0. The van der Waals surface area contributed by atoms with Gasteiger partial charge < -0.3 is 0 Å². The van der Waals surface area contributed by atoms with E-state index in [9.17, 15) is 0 Å². The molecule has 0 spiro atoms. The highest BCUT2D eigenvalue weighted by atomic mass is 14.8. The maximum Gasteiger partial charge on any atom is 0.0849 e. The molecule has 0 aliphatic carbocycles. The Labute approximate surface area is 206 Å². The largest absolute Gasteiger partial charge is 0.251 e. The summed E-state index contributed by atoms with van der Waals surface area (Å²) in [6, 6.07) is 21.0. The number of para-hydroxylation sites is 2. The molecule has 3 aromatic rings. The molecule has 1 heterocycles. The Bertz CT molecular complexity index is 1180. The molecule has 0 aliphatic rings. The quantitative estimate of drug-likeness (QED) is 0.343. The van der Waals surface area contributed by atoms with Crippen molar-refractivity contribution in [1.29, 1.82) is 0 Å². The monoisotopic (exact) mass is 453 g/mol. The first-order valence-corrected chi connectivity index (χ1v) is 12.3. The van der Waals surface area contributed by atoms with Gasteiger partial charge in [-0.25, -0.2) is 4.98 Å². The van der Waals surface area contributed by atoms with E-state index in [1.807, 2.05) is 31.2 Å². The molecule has 34 heavy (non-hydrogen) atoms. The Morgan fingerprint density at radius 1 is 0.676 bits per heavy atom. The Kier molecular flexibility index (Phi) is 7.86. The molecule has 3 heteroatoms. The fourth-order valence-corrected chi connectivity index (χ4v) is 4.15. The molecule has 0 fully saturated rings. The third kappa shape index (κ3) is 5.88. The molecular weight excluding hydrogens is 414 g/mol. The highest BCUT2D eigenvalue weighted by molar-refractivity contribution is 6.02. The minimum atomic E-state index is 0.0246. The van der Waals surface area contributed by atoms with Crippen LogP contribution in [0.15, 0.2) is 70.6 Å². The Hall–Kier alpha value is -3.07. The number of aromatic nitrogens is 1. The van der Waals surface area contributed by atoms with Crippen molar-refractivity contribution in [2.75, 3.05) is 0 Å². The first-order valence-electron chi connectivity index (χ1n) is 12.3. The van der Waals surface area contributed by atoms with E-state index in [4.69, 9.17) is 15.0 Å². The summed E-state index contributed by atoms with van der Waals surface area (Å²) in [5, 5.41) is 0. The molecule has 0 atom stereocenters. The number of aliphatic imine (C=N–C) groups is 2. The molecule has 2 aromatic carbocycles. The van der Waals surface area contributed by atoms with Gasteiger partial charge in [0.2, 0.25) is 0 Å². The molecule has 0 aliphatic heterocycles. The molecule has 3 nitrogen and oxygen atoms in total. The van der Waals surface area contributed by atoms with Crippen LogP contribution in [0.4, 0.5) is 11.4 Å². The van der Waals surface area contributed by atoms with Gasteiger partial charge in [0.15, 0.2) is 0 Å². The predicted octanol–water partition coefficient (Wildman–Crippen LogP) is 8.91. The van der Waals surface area contributed by atoms with Gasteiger partial charge in [0.05, 0.1) is 34.2 Å². The van der Waals surface area contributed by atoms with Crippen molar-refractivity contribution in [1.82, 2.24) is 4.98 Å². The van der Waals surface area contributed by atoms with Crippen LogP contribution < -0.4 is 0 Å². The maximum atomic E-state index is 5.12. The van der Waals surface area contributed by atoms with Crippen molar-refractivity contribution in [2.24, 2.45) is 9.98 Å². The van der Waals surface area contributed by atoms with Crippen LogP contribution >= 0.6 is 0 Å². The average Bonchev–Trinajstić information content (AvgIpc) is 2.78. The summed E-state index contributed by atoms with van der Waals surface area (Å²) in [5.74, 6) is 0.809. The smallest absolute Gasteiger partial charge is 0.0849 e. The Morgan fingerprint density at radius 3 is 1.71 bits per heavy atom. The zero-order valence-electron chi connectivity index (χ0n) is 22.3. The van der Waals surface area contributed by atoms with E-state index >= 15 is 0 Å². The third-order valence-corrected chi connectivity index (χ3v) is 6.11. The van der Waals surface area contributed by atoms with Gasteiger partial charge >= 0.3 is 0 Å². The lowest BCUT2D eigenvalue weighted by molar-refractivity contribution is 0.591. The summed E-state index contributed by atoms with van der Waals surface area (Å²) in [5.41, 5.74) is 9.46. The van der Waals surface area contributed by atoms with Crippen molar-refractivity contribution in [3.63, 3.8) is 0 Å². The second-order valence-electron chi connectivity index (χ2n) is 10.7. The van der Waals surface area contributed by atoms with Crippen LogP contribution in [0.1, 0.15) is 102 Å². The fourth-order valence-electron chi connectivity index (χ4n) is 4.15. The number of hydrogen-bond acceptors (Lipinski definition) is 3. The zero-order valence-corrected chi connectivity index (χ0v) is 22.3. The molecule has 178 valence electrons. The SMILES string of the molecule is CC(=Nc1ccccc1C(C)(C)C)c1cccc(C(C)=Nc2c(C(C)C)cccc2C(C)C)n1. The fraction of sp³-hybridized carbons (Fsp3) is 0.387. The summed E-state index contributed by atoms with van der Waals surface area (Å²) in [6.45, 7) is 19.6. The molecule has 0 unspecified atom stereocenters. The van der Waals surface area contributed by atoms with Crippen LogP contribution in [0, 0.1) is 0 Å². The number of benzene rings is 2. The van der Waals surface area contributed by atoms with Crippen LogP contribution in [-0.2, 0) is 5.41 Å². The molecular formula is C31H39N3. The predicted molar refractivity (Wildman–Crippen MR) is 148 cm³/mol. The number of nitrogens with zero attached hydrogens (tertiary/aromatic N) is 3. The maximum absolute atomic E-state index is 5.12. The van der Waals surface area contributed by atoms with Gasteiger partial charge in [0.25, 0.3) is 0 Å². The van der Waals surface area contributed by atoms with Crippen LogP contribution in [0.5, 0.6) is 0 Å². The topological polar surface area (TPSA) is 37.6 Å². The summed E-state index contributed by atoms with van der Waals surface area (Å²) in [7, 11) is 0. The van der Waals surface area contributed by atoms with Crippen LogP contribution in [0.2, 0.25) is 0 Å². The van der Waals surface area contributed by atoms with Crippen LogP contribution in [0.3, 0.4) is 0 Å². The van der Waals surface area contributed by atoms with Crippen molar-refractivity contribution in [2.45, 2.75) is 79.6 Å². The Balaban J connectivity index is 2.04. The molecule has 0 saturated carbocycles. The van der Waals surface area contributed by atoms with E-state index in [1.165, 1.54) is 16.7 Å². The number of pyridine rings is 1. The van der Waals surface area contributed by atoms with E-state index in [1.54, 1.807) is 0 Å². The van der Waals surface area contributed by atoms with Gasteiger partial charge in [-0.05, 0) is 66.0 Å². The normalized spacial score (nSPS) is 13.1. The van der Waals surface area contributed by atoms with E-state index in [-0.39, 0.29) is 5.41 Å². The summed E-state index contributed by atoms with van der Waals surface area (Å²) < 4.78 is 0. The van der Waals surface area contributed by atoms with E-state index in [0.717, 1.165) is 34.2 Å². The Morgan fingerprint density at radius 2 is 1.18 bits per heavy atom. The molecule has 0 N–H and O–H groups in total.